The van der Waals surface area contributed by atoms with Crippen LogP contribution in [0.5, 0.6) is 0 Å². The predicted octanol–water partition coefficient (Wildman–Crippen LogP) is -0.391. The van der Waals surface area contributed by atoms with Crippen molar-refractivity contribution in [3.63, 3.8) is 0 Å². The topological polar surface area (TPSA) is 0 Å². The van der Waals surface area contributed by atoms with Crippen molar-refractivity contribution in [2.45, 2.75) is 0 Å². The van der Waals surface area contributed by atoms with Crippen LogP contribution in [0.4, 0.5) is 0 Å². The van der Waals surface area contributed by atoms with Gasteiger partial charge >= 0.3 is 0 Å². The Bertz CT molecular complexity index is 11.6. The van der Waals surface area contributed by atoms with Crippen LogP contribution in [-0.4, -0.2) is 27.3 Å². The van der Waals surface area contributed by atoms with Crippen molar-refractivity contribution < 1.29 is 70.1 Å². The first kappa shape index (κ1) is 42.7. The summed E-state index contributed by atoms with van der Waals surface area (Å²) in [5.74, 6) is 0. The van der Waals surface area contributed by atoms with Crippen molar-refractivity contribution in [3.05, 3.63) is 0 Å². The van der Waals surface area contributed by atoms with E-state index in [0.717, 1.165) is 0 Å². The Labute approximate surface area is 95.8 Å². The monoisotopic (exact) mass is 448 g/mol. The van der Waals surface area contributed by atoms with Crippen LogP contribution in [-0.2, 0) is 70.1 Å². The van der Waals surface area contributed by atoms with Gasteiger partial charge in [-0.25, -0.2) is 0 Å². The van der Waals surface area contributed by atoms with E-state index in [2.05, 4.69) is 0 Å². The normalized spacial score (nSPS) is 0. The summed E-state index contributed by atoms with van der Waals surface area (Å²) in [6.07, 6.45) is 0. The van der Waals surface area contributed by atoms with Crippen molar-refractivity contribution in [2.75, 3.05) is 0 Å². The Morgan fingerprint density at radius 1 is 1.00 bits per heavy atom. The van der Waals surface area contributed by atoms with Crippen LogP contribution in [0.25, 0.3) is 0 Å². The summed E-state index contributed by atoms with van der Waals surface area (Å²) < 4.78 is 0. The Balaban J connectivity index is 0. The number of hydrogen-bond acceptors (Lipinski definition) is 0. The van der Waals surface area contributed by atoms with Gasteiger partial charge in [0, 0.05) is 97.4 Å². The molecule has 0 unspecified atom stereocenters. The molecule has 0 nitrogen and oxygen atoms in total. The number of rotatable bonds is 0. The molecule has 5 heavy (non-hydrogen) atoms. The van der Waals surface area contributed by atoms with E-state index in [9.17, 15) is 0 Å². The molecular formula is CuMnNiPbZn. The molecular weight excluding hydrogens is 450 g/mol. The molecule has 5 heteroatoms. The summed E-state index contributed by atoms with van der Waals surface area (Å²) >= 11 is 0. The van der Waals surface area contributed by atoms with Gasteiger partial charge in [-0.1, -0.05) is 0 Å². The van der Waals surface area contributed by atoms with E-state index >= 15 is 0 Å². The van der Waals surface area contributed by atoms with Crippen LogP contribution in [0.15, 0.2) is 0 Å². The molecule has 0 spiro atoms. The second-order valence-electron chi connectivity index (χ2n) is 0. The van der Waals surface area contributed by atoms with Gasteiger partial charge in [0.2, 0.25) is 0 Å². The summed E-state index contributed by atoms with van der Waals surface area (Å²) in [5.41, 5.74) is 0. The van der Waals surface area contributed by atoms with E-state index in [1.807, 2.05) is 0 Å². The third-order valence-corrected chi connectivity index (χ3v) is 0. The minimum Gasteiger partial charge on any atom is 0 e. The quantitative estimate of drug-likeness (QED) is 0.442. The fraction of sp³-hybridized carbons (Fsp3) is 0. The van der Waals surface area contributed by atoms with Gasteiger partial charge in [0.1, 0.15) is 0 Å². The van der Waals surface area contributed by atoms with Crippen LogP contribution in [0.2, 0.25) is 0 Å². The van der Waals surface area contributed by atoms with Crippen molar-refractivity contribution in [1.29, 1.82) is 0 Å². The molecule has 0 N–H and O–H groups in total. The first-order chi connectivity index (χ1) is 0. The SMILES string of the molecule is [Cu].[Mn].[Ni].[Pb].[Zn]. The zero-order chi connectivity index (χ0) is 0. The molecule has 0 saturated carbocycles. The van der Waals surface area contributed by atoms with Crippen molar-refractivity contribution >= 4 is 27.3 Å². The van der Waals surface area contributed by atoms with Crippen LogP contribution in [0.3, 0.4) is 0 Å². The second kappa shape index (κ2) is 27.6. The Hall–Kier alpha value is 3.08. The fourth-order valence-electron chi connectivity index (χ4n) is 0. The van der Waals surface area contributed by atoms with Crippen LogP contribution in [0.1, 0.15) is 0 Å². The van der Waals surface area contributed by atoms with Gasteiger partial charge in [-0.15, -0.1) is 0 Å². The number of hydrogen-bond donors (Lipinski definition) is 0. The molecule has 34 valence electrons. The molecule has 0 aliphatic heterocycles. The maximum atomic E-state index is 0. The molecule has 0 aromatic rings. The van der Waals surface area contributed by atoms with Gasteiger partial charge in [0.15, 0.2) is 0 Å². The van der Waals surface area contributed by atoms with Gasteiger partial charge < -0.3 is 0 Å². The van der Waals surface area contributed by atoms with Gasteiger partial charge in [0.05, 0.1) is 0 Å². The molecule has 0 fully saturated rings. The largest absolute Gasteiger partial charge is 0 e. The standard InChI is InChI=1S/Cu.Mn.Ni.Pb.Zn. The summed E-state index contributed by atoms with van der Waals surface area (Å²) in [5, 5.41) is 0. The smallest absolute Gasteiger partial charge is 0 e. The summed E-state index contributed by atoms with van der Waals surface area (Å²) in [6.45, 7) is 0. The molecule has 0 heterocycles. The Morgan fingerprint density at radius 3 is 1.00 bits per heavy atom. The molecule has 0 aliphatic carbocycles. The van der Waals surface area contributed by atoms with Gasteiger partial charge in [-0.3, -0.25) is 0 Å². The molecule has 6 radical (unpaired) electrons. The van der Waals surface area contributed by atoms with Crippen molar-refractivity contribution in [3.8, 4) is 0 Å². The first-order valence-corrected chi connectivity index (χ1v) is 0. The van der Waals surface area contributed by atoms with Crippen molar-refractivity contribution in [2.24, 2.45) is 0 Å². The fourth-order valence-corrected chi connectivity index (χ4v) is 0. The summed E-state index contributed by atoms with van der Waals surface area (Å²) in [7, 11) is 0. The van der Waals surface area contributed by atoms with E-state index < -0.39 is 0 Å². The third-order valence-electron chi connectivity index (χ3n) is 0. The maximum absolute atomic E-state index is 0. The van der Waals surface area contributed by atoms with E-state index in [4.69, 9.17) is 0 Å². The molecule has 0 rings (SSSR count). The second-order valence-corrected chi connectivity index (χ2v) is 0. The molecule has 0 aliphatic rings. The van der Waals surface area contributed by atoms with Crippen molar-refractivity contribution in [1.82, 2.24) is 0 Å². The van der Waals surface area contributed by atoms with Crippen LogP contribution in [0, 0.1) is 0 Å². The van der Waals surface area contributed by atoms with E-state index in [1.54, 1.807) is 0 Å². The van der Waals surface area contributed by atoms with Gasteiger partial charge in [0.25, 0.3) is 0 Å². The minimum atomic E-state index is 0. The van der Waals surface area contributed by atoms with Crippen LogP contribution < -0.4 is 0 Å². The summed E-state index contributed by atoms with van der Waals surface area (Å²) in [6, 6.07) is 0. The minimum absolute atomic E-state index is 0. The first-order valence-electron chi connectivity index (χ1n) is 0. The molecule has 0 saturated heterocycles. The molecule has 0 atom stereocenters. The molecule has 0 aromatic heterocycles. The average Bonchev–Trinajstić information content (AvgIpc) is 0. The van der Waals surface area contributed by atoms with Crippen LogP contribution >= 0.6 is 0 Å². The summed E-state index contributed by atoms with van der Waals surface area (Å²) in [4.78, 5) is 0. The van der Waals surface area contributed by atoms with E-state index in [-0.39, 0.29) is 97.4 Å². The van der Waals surface area contributed by atoms with Gasteiger partial charge in [-0.2, -0.15) is 0 Å². The zero-order valence-corrected chi connectivity index (χ0v) is 12.2. The maximum Gasteiger partial charge on any atom is 0 e. The molecule has 0 aromatic carbocycles. The molecule has 0 amide bonds. The Kier molecular flexibility index (Phi) is 236. The van der Waals surface area contributed by atoms with E-state index in [1.165, 1.54) is 0 Å². The van der Waals surface area contributed by atoms with Gasteiger partial charge in [-0.05, 0) is 0 Å². The average molecular weight is 450 g/mol. The Morgan fingerprint density at radius 2 is 1.00 bits per heavy atom. The molecule has 0 bridgehead atoms. The zero-order valence-electron chi connectivity index (χ0n) is 2.20. The third kappa shape index (κ3) is 19.3. The van der Waals surface area contributed by atoms with E-state index in [0.29, 0.717) is 0 Å². The predicted molar refractivity (Wildman–Crippen MR) is 5.75 cm³/mol.